The van der Waals surface area contributed by atoms with Gasteiger partial charge in [0.2, 0.25) is 17.7 Å². The van der Waals surface area contributed by atoms with Crippen molar-refractivity contribution in [2.24, 2.45) is 0 Å². The fraction of sp³-hybridized carbons (Fsp3) is 0.419. The summed E-state index contributed by atoms with van der Waals surface area (Å²) in [5, 5.41) is 9.50. The lowest BCUT2D eigenvalue weighted by Crippen LogP contribution is -2.50. The summed E-state index contributed by atoms with van der Waals surface area (Å²) < 4.78 is 16.2. The van der Waals surface area contributed by atoms with Crippen LogP contribution in [-0.2, 0) is 20.9 Å². The van der Waals surface area contributed by atoms with Gasteiger partial charge in [0.1, 0.15) is 11.8 Å². The first-order chi connectivity index (χ1) is 19.5. The average Bonchev–Trinajstić information content (AvgIpc) is 3.35. The minimum atomic E-state index is -1.07. The maximum absolute atomic E-state index is 14.1. The molecule has 1 heterocycles. The molecular weight excluding hydrogens is 524 g/mol. The molecule has 3 aromatic rings. The maximum atomic E-state index is 14.1. The molecular formula is C31H40N4O6. The van der Waals surface area contributed by atoms with Crippen molar-refractivity contribution in [3.8, 4) is 11.5 Å². The van der Waals surface area contributed by atoms with E-state index in [9.17, 15) is 14.4 Å². The zero-order valence-electron chi connectivity index (χ0n) is 24.9. The zero-order chi connectivity index (χ0) is 30.2. The van der Waals surface area contributed by atoms with Gasteiger partial charge in [0, 0.05) is 36.6 Å². The molecule has 3 amide bonds. The highest BCUT2D eigenvalue weighted by Gasteiger charge is 2.36. The number of ether oxygens (including phenoxy) is 2. The van der Waals surface area contributed by atoms with Crippen molar-refractivity contribution in [1.29, 1.82) is 0 Å². The summed E-state index contributed by atoms with van der Waals surface area (Å²) in [5.74, 6) is 0.470. The highest BCUT2D eigenvalue weighted by molar-refractivity contribution is 5.94. The Morgan fingerprint density at radius 1 is 1.02 bits per heavy atom. The second kappa shape index (κ2) is 13.8. The molecule has 3 rings (SSSR count). The van der Waals surface area contributed by atoms with E-state index in [1.807, 2.05) is 52.0 Å². The van der Waals surface area contributed by atoms with E-state index in [-0.39, 0.29) is 37.0 Å². The molecule has 0 spiro atoms. The van der Waals surface area contributed by atoms with E-state index in [1.54, 1.807) is 31.2 Å². The quantitative estimate of drug-likeness (QED) is 0.296. The van der Waals surface area contributed by atoms with E-state index in [1.165, 1.54) is 19.1 Å². The Bertz CT molecular complexity index is 1350. The number of carbonyl (C=O) groups excluding carboxylic acids is 3. The number of amides is 3. The Kier molecular flexibility index (Phi) is 10.5. The normalized spacial score (nSPS) is 11.9. The van der Waals surface area contributed by atoms with Crippen molar-refractivity contribution < 1.29 is 28.4 Å². The molecule has 0 bridgehead atoms. The first-order valence-electron chi connectivity index (χ1n) is 13.6. The summed E-state index contributed by atoms with van der Waals surface area (Å²) in [7, 11) is 3.01. The molecule has 41 heavy (non-hydrogen) atoms. The van der Waals surface area contributed by atoms with Crippen LogP contribution < -0.4 is 20.1 Å². The Hall–Kier alpha value is -4.34. The lowest BCUT2D eigenvalue weighted by Gasteiger charge is -2.35. The van der Waals surface area contributed by atoms with Gasteiger partial charge in [-0.25, -0.2) is 0 Å². The standard InChI is InChI=1S/C31H40N4O6/c1-8-31(4,5)33-30(38)28(23-10-9-11-24(39-6)29(23)40-7)35(19-22-14-12-20(2)13-15-22)27(37)17-16-26(36)32-25-18-21(3)41-34-25/h9-15,18,28H,8,16-17,19H2,1-7H3,(H,33,38)(H,32,34,36)/t28-/m1/s1. The highest BCUT2D eigenvalue weighted by Crippen LogP contribution is 2.38. The van der Waals surface area contributed by atoms with Gasteiger partial charge in [0.05, 0.1) is 14.2 Å². The van der Waals surface area contributed by atoms with Gasteiger partial charge in [-0.1, -0.05) is 54.0 Å². The number of hydrogen-bond donors (Lipinski definition) is 2. The minimum absolute atomic E-state index is 0.112. The van der Waals surface area contributed by atoms with Gasteiger partial charge in [-0.15, -0.1) is 0 Å². The molecule has 0 saturated heterocycles. The fourth-order valence-electron chi connectivity index (χ4n) is 4.28. The largest absolute Gasteiger partial charge is 0.493 e. The highest BCUT2D eigenvalue weighted by atomic mass is 16.5. The first kappa shape index (κ1) is 31.2. The molecule has 220 valence electrons. The molecule has 0 aliphatic heterocycles. The third kappa shape index (κ3) is 8.33. The molecule has 10 nitrogen and oxygen atoms in total. The Morgan fingerprint density at radius 3 is 2.32 bits per heavy atom. The van der Waals surface area contributed by atoms with Crippen molar-refractivity contribution >= 4 is 23.5 Å². The minimum Gasteiger partial charge on any atom is -0.493 e. The number of hydrogen-bond acceptors (Lipinski definition) is 7. The molecule has 0 fully saturated rings. The molecule has 0 saturated carbocycles. The summed E-state index contributed by atoms with van der Waals surface area (Å²) in [6.07, 6.45) is 0.426. The maximum Gasteiger partial charge on any atom is 0.248 e. The van der Waals surface area contributed by atoms with E-state index >= 15 is 0 Å². The zero-order valence-corrected chi connectivity index (χ0v) is 24.9. The van der Waals surface area contributed by atoms with Crippen LogP contribution in [0.2, 0.25) is 0 Å². The number of nitrogens with zero attached hydrogens (tertiary/aromatic N) is 2. The van der Waals surface area contributed by atoms with E-state index in [0.29, 0.717) is 29.2 Å². The van der Waals surface area contributed by atoms with Crippen LogP contribution in [0.15, 0.2) is 53.1 Å². The van der Waals surface area contributed by atoms with E-state index in [2.05, 4.69) is 15.8 Å². The van der Waals surface area contributed by atoms with Gasteiger partial charge in [-0.3, -0.25) is 14.4 Å². The number of methoxy groups -OCH3 is 2. The second-order valence-electron chi connectivity index (χ2n) is 10.6. The smallest absolute Gasteiger partial charge is 0.248 e. The van der Waals surface area contributed by atoms with E-state index < -0.39 is 17.5 Å². The van der Waals surface area contributed by atoms with Crippen LogP contribution in [0.25, 0.3) is 0 Å². The number of aryl methyl sites for hydroxylation is 2. The number of aromatic nitrogens is 1. The molecule has 1 atom stereocenters. The van der Waals surface area contributed by atoms with Gasteiger partial charge in [0.25, 0.3) is 0 Å². The average molecular weight is 565 g/mol. The lowest BCUT2D eigenvalue weighted by molar-refractivity contribution is -0.143. The molecule has 0 unspecified atom stereocenters. The van der Waals surface area contributed by atoms with Crippen LogP contribution in [0.3, 0.4) is 0 Å². The molecule has 2 aromatic carbocycles. The number of nitrogens with one attached hydrogen (secondary N) is 2. The number of rotatable bonds is 13. The topological polar surface area (TPSA) is 123 Å². The first-order valence-corrected chi connectivity index (χ1v) is 13.6. The van der Waals surface area contributed by atoms with Gasteiger partial charge in [-0.2, -0.15) is 0 Å². The van der Waals surface area contributed by atoms with Crippen LogP contribution >= 0.6 is 0 Å². The molecule has 1 aromatic heterocycles. The molecule has 0 aliphatic carbocycles. The Morgan fingerprint density at radius 2 is 1.73 bits per heavy atom. The van der Waals surface area contributed by atoms with Crippen molar-refractivity contribution in [3.05, 3.63) is 71.0 Å². The Labute approximate surface area is 241 Å². The van der Waals surface area contributed by atoms with Gasteiger partial charge in [-0.05, 0) is 45.7 Å². The predicted molar refractivity (Wildman–Crippen MR) is 156 cm³/mol. The molecule has 0 aliphatic rings. The summed E-state index contributed by atoms with van der Waals surface area (Å²) >= 11 is 0. The van der Waals surface area contributed by atoms with Crippen molar-refractivity contribution in [3.63, 3.8) is 0 Å². The van der Waals surface area contributed by atoms with Crippen molar-refractivity contribution in [2.45, 2.75) is 72.0 Å². The van der Waals surface area contributed by atoms with Crippen LogP contribution in [0.4, 0.5) is 5.82 Å². The monoisotopic (exact) mass is 564 g/mol. The van der Waals surface area contributed by atoms with E-state index in [4.69, 9.17) is 14.0 Å². The number of benzene rings is 2. The summed E-state index contributed by atoms with van der Waals surface area (Å²) in [5.41, 5.74) is 1.84. The van der Waals surface area contributed by atoms with Gasteiger partial charge < -0.3 is 29.5 Å². The molecule has 10 heteroatoms. The summed E-state index contributed by atoms with van der Waals surface area (Å²) in [4.78, 5) is 42.1. The number of carbonyl (C=O) groups is 3. The lowest BCUT2D eigenvalue weighted by atomic mass is 9.97. The van der Waals surface area contributed by atoms with Crippen LogP contribution in [0, 0.1) is 13.8 Å². The summed E-state index contributed by atoms with van der Waals surface area (Å²) in [6, 6.07) is 13.5. The fourth-order valence-corrected chi connectivity index (χ4v) is 4.28. The summed E-state index contributed by atoms with van der Waals surface area (Å²) in [6.45, 7) is 9.65. The van der Waals surface area contributed by atoms with Gasteiger partial charge in [0.15, 0.2) is 17.3 Å². The van der Waals surface area contributed by atoms with Crippen molar-refractivity contribution in [2.75, 3.05) is 19.5 Å². The third-order valence-electron chi connectivity index (χ3n) is 6.89. The van der Waals surface area contributed by atoms with Gasteiger partial charge >= 0.3 is 0 Å². The predicted octanol–water partition coefficient (Wildman–Crippen LogP) is 5.10. The molecule has 0 radical (unpaired) electrons. The molecule has 2 N–H and O–H groups in total. The van der Waals surface area contributed by atoms with Crippen LogP contribution in [0.1, 0.15) is 68.5 Å². The Balaban J connectivity index is 2.03. The van der Waals surface area contributed by atoms with Crippen LogP contribution in [0.5, 0.6) is 11.5 Å². The van der Waals surface area contributed by atoms with Crippen LogP contribution in [-0.4, -0.2) is 47.5 Å². The SMILES string of the molecule is CCC(C)(C)NC(=O)[C@@H](c1cccc(OC)c1OC)N(Cc1ccc(C)cc1)C(=O)CCC(=O)Nc1cc(C)on1. The second-order valence-corrected chi connectivity index (χ2v) is 10.6. The van der Waals surface area contributed by atoms with Crippen molar-refractivity contribution in [1.82, 2.24) is 15.4 Å². The number of para-hydroxylation sites is 1. The third-order valence-corrected chi connectivity index (χ3v) is 6.89. The number of anilines is 1. The van der Waals surface area contributed by atoms with E-state index in [0.717, 1.165) is 11.1 Å².